The van der Waals surface area contributed by atoms with Gasteiger partial charge in [0.15, 0.2) is 0 Å². The summed E-state index contributed by atoms with van der Waals surface area (Å²) in [5, 5.41) is 13.9. The van der Waals surface area contributed by atoms with Crippen molar-refractivity contribution in [1.29, 1.82) is 0 Å². The van der Waals surface area contributed by atoms with Crippen LogP contribution in [0.5, 0.6) is 0 Å². The maximum absolute atomic E-state index is 11.4. The number of carbonyl (C=O) groups excluding carboxylic acids is 1. The Labute approximate surface area is 127 Å². The highest BCUT2D eigenvalue weighted by atomic mass is 79.9. The lowest BCUT2D eigenvalue weighted by molar-refractivity contribution is -0.383. The Hall–Kier alpha value is -2.55. The third-order valence-electron chi connectivity index (χ3n) is 2.50. The van der Waals surface area contributed by atoms with Gasteiger partial charge in [-0.3, -0.25) is 10.1 Å². The van der Waals surface area contributed by atoms with Crippen molar-refractivity contribution in [1.82, 2.24) is 9.97 Å². The fourth-order valence-corrected chi connectivity index (χ4v) is 1.75. The monoisotopic (exact) mass is 352 g/mol. The summed E-state index contributed by atoms with van der Waals surface area (Å²) in [6, 6.07) is 3.97. The summed E-state index contributed by atoms with van der Waals surface area (Å²) >= 11 is 3.14. The molecule has 0 saturated heterocycles. The topological polar surface area (TPSA) is 107 Å². The van der Waals surface area contributed by atoms with Crippen LogP contribution in [0.2, 0.25) is 0 Å². The van der Waals surface area contributed by atoms with Gasteiger partial charge in [-0.1, -0.05) is 0 Å². The molecule has 0 amide bonds. The van der Waals surface area contributed by atoms with Gasteiger partial charge in [0.05, 0.1) is 30.0 Å². The summed E-state index contributed by atoms with van der Waals surface area (Å²) < 4.78 is 5.08. The summed E-state index contributed by atoms with van der Waals surface area (Å²) in [7, 11) is 1.21. The summed E-state index contributed by atoms with van der Waals surface area (Å²) in [5.74, 6) is -0.305. The minimum atomic E-state index is -0.645. The number of nitrogens with one attached hydrogen (secondary N) is 1. The second-order valence-electron chi connectivity index (χ2n) is 3.83. The zero-order valence-corrected chi connectivity index (χ0v) is 12.3. The van der Waals surface area contributed by atoms with Crippen LogP contribution in [0.25, 0.3) is 0 Å². The number of nitrogens with zero attached hydrogens (tertiary/aromatic N) is 3. The number of ether oxygens (including phenoxy) is 1. The molecule has 9 heteroatoms. The molecule has 0 atom stereocenters. The van der Waals surface area contributed by atoms with Crippen molar-refractivity contribution < 1.29 is 14.5 Å². The lowest BCUT2D eigenvalue weighted by Gasteiger charge is -2.07. The smallest absolute Gasteiger partial charge is 0.338 e. The van der Waals surface area contributed by atoms with Gasteiger partial charge in [0.2, 0.25) is 0 Å². The molecule has 0 fully saturated rings. The summed E-state index contributed by atoms with van der Waals surface area (Å²) in [5.41, 5.74) is 0.0311. The maximum Gasteiger partial charge on any atom is 0.338 e. The lowest BCUT2D eigenvalue weighted by atomic mass is 10.1. The normalized spacial score (nSPS) is 10.0. The Morgan fingerprint density at radius 3 is 2.71 bits per heavy atom. The highest BCUT2D eigenvalue weighted by Gasteiger charge is 2.18. The molecule has 0 aliphatic carbocycles. The zero-order chi connectivity index (χ0) is 15.4. The van der Waals surface area contributed by atoms with E-state index in [-0.39, 0.29) is 16.9 Å². The van der Waals surface area contributed by atoms with Gasteiger partial charge < -0.3 is 10.1 Å². The van der Waals surface area contributed by atoms with E-state index in [0.29, 0.717) is 10.4 Å². The Morgan fingerprint density at radius 1 is 1.38 bits per heavy atom. The average Bonchev–Trinajstić information content (AvgIpc) is 2.49. The molecule has 8 nitrogen and oxygen atoms in total. The van der Waals surface area contributed by atoms with Crippen molar-refractivity contribution in [3.05, 3.63) is 50.9 Å². The van der Waals surface area contributed by atoms with E-state index in [9.17, 15) is 14.9 Å². The van der Waals surface area contributed by atoms with E-state index in [1.165, 1.54) is 31.6 Å². The first-order chi connectivity index (χ1) is 10.0. The fraction of sp³-hybridized carbons (Fsp3) is 0.0833. The molecule has 1 aromatic carbocycles. The van der Waals surface area contributed by atoms with Crippen LogP contribution < -0.4 is 5.32 Å². The summed E-state index contributed by atoms with van der Waals surface area (Å²) in [4.78, 5) is 29.9. The van der Waals surface area contributed by atoms with Crippen molar-refractivity contribution in [2.75, 3.05) is 12.4 Å². The second-order valence-corrected chi connectivity index (χ2v) is 4.64. The van der Waals surface area contributed by atoms with Crippen molar-refractivity contribution in [3.8, 4) is 0 Å². The predicted octanol–water partition coefficient (Wildman–Crippen LogP) is 2.68. The minimum Gasteiger partial charge on any atom is -0.465 e. The second kappa shape index (κ2) is 6.27. The molecule has 0 unspecified atom stereocenters. The number of halogens is 1. The fourth-order valence-electron chi connectivity index (χ4n) is 1.55. The van der Waals surface area contributed by atoms with Gasteiger partial charge in [-0.05, 0) is 28.1 Å². The number of esters is 1. The first-order valence-electron chi connectivity index (χ1n) is 5.62. The molecule has 1 heterocycles. The molecular weight excluding hydrogens is 344 g/mol. The summed E-state index contributed by atoms with van der Waals surface area (Å²) in [6.45, 7) is 0. The number of methoxy groups -OCH3 is 1. The zero-order valence-electron chi connectivity index (χ0n) is 10.7. The molecule has 2 rings (SSSR count). The van der Waals surface area contributed by atoms with Crippen molar-refractivity contribution in [3.63, 3.8) is 0 Å². The number of benzene rings is 1. The Morgan fingerprint density at radius 2 is 2.14 bits per heavy atom. The van der Waals surface area contributed by atoms with E-state index in [1.807, 2.05) is 0 Å². The van der Waals surface area contributed by atoms with Crippen LogP contribution in [0.1, 0.15) is 10.4 Å². The number of hydrogen-bond acceptors (Lipinski definition) is 7. The quantitative estimate of drug-likeness (QED) is 0.511. The van der Waals surface area contributed by atoms with Crippen molar-refractivity contribution in [2.45, 2.75) is 0 Å². The molecule has 0 bridgehead atoms. The predicted molar refractivity (Wildman–Crippen MR) is 77.5 cm³/mol. The molecular formula is C12H9BrN4O4. The molecule has 21 heavy (non-hydrogen) atoms. The molecule has 0 radical (unpaired) electrons. The van der Waals surface area contributed by atoms with Gasteiger partial charge >= 0.3 is 5.97 Å². The lowest BCUT2D eigenvalue weighted by Crippen LogP contribution is -2.04. The van der Waals surface area contributed by atoms with Gasteiger partial charge in [0.25, 0.3) is 5.69 Å². The van der Waals surface area contributed by atoms with Crippen molar-refractivity contribution in [2.24, 2.45) is 0 Å². The number of carbonyl (C=O) groups is 1. The van der Waals surface area contributed by atoms with Gasteiger partial charge in [-0.25, -0.2) is 14.8 Å². The van der Waals surface area contributed by atoms with Crippen LogP contribution >= 0.6 is 15.9 Å². The first-order valence-corrected chi connectivity index (χ1v) is 6.42. The van der Waals surface area contributed by atoms with Crippen LogP contribution in [0.15, 0.2) is 35.2 Å². The number of aromatic nitrogens is 2. The van der Waals surface area contributed by atoms with Crippen LogP contribution in [0.3, 0.4) is 0 Å². The largest absolute Gasteiger partial charge is 0.465 e. The molecule has 1 aromatic heterocycles. The highest BCUT2D eigenvalue weighted by molar-refractivity contribution is 9.10. The molecule has 1 N–H and O–H groups in total. The Balaban J connectivity index is 2.36. The third kappa shape index (κ3) is 3.51. The van der Waals surface area contributed by atoms with E-state index in [2.05, 4.69) is 36.0 Å². The molecule has 2 aromatic rings. The molecule has 0 spiro atoms. The number of nitro benzene ring substituents is 1. The van der Waals surface area contributed by atoms with Crippen molar-refractivity contribution >= 4 is 39.1 Å². The van der Waals surface area contributed by atoms with Crippen LogP contribution in [-0.4, -0.2) is 28.0 Å². The number of hydrogen-bond donors (Lipinski definition) is 1. The van der Waals surface area contributed by atoms with Gasteiger partial charge in [-0.2, -0.15) is 0 Å². The van der Waals surface area contributed by atoms with Gasteiger partial charge in [0.1, 0.15) is 16.1 Å². The number of rotatable bonds is 4. The van der Waals surface area contributed by atoms with E-state index < -0.39 is 10.9 Å². The van der Waals surface area contributed by atoms with Crippen LogP contribution in [0, 0.1) is 10.1 Å². The van der Waals surface area contributed by atoms with E-state index in [1.54, 1.807) is 0 Å². The van der Waals surface area contributed by atoms with Crippen LogP contribution in [-0.2, 0) is 4.74 Å². The van der Waals surface area contributed by atoms with Crippen LogP contribution in [0.4, 0.5) is 17.2 Å². The average molecular weight is 353 g/mol. The SMILES string of the molecule is COC(=O)c1ccc(Nc2cnc(Br)cn2)c([N+](=O)[O-])c1. The Bertz CT molecular complexity index is 690. The third-order valence-corrected chi connectivity index (χ3v) is 2.91. The Kier molecular flexibility index (Phi) is 4.43. The number of nitro groups is 1. The number of anilines is 2. The highest BCUT2D eigenvalue weighted by Crippen LogP contribution is 2.28. The standard InChI is InChI=1S/C12H9BrN4O4/c1-21-12(18)7-2-3-8(9(4-7)17(19)20)16-11-6-14-10(13)5-15-11/h2-6H,1H3,(H,15,16). The van der Waals surface area contributed by atoms with E-state index in [4.69, 9.17) is 0 Å². The van der Waals surface area contributed by atoms with Gasteiger partial charge in [-0.15, -0.1) is 0 Å². The molecule has 0 saturated carbocycles. The molecule has 0 aliphatic rings. The van der Waals surface area contributed by atoms with E-state index >= 15 is 0 Å². The molecule has 0 aliphatic heterocycles. The molecule has 108 valence electrons. The first kappa shape index (κ1) is 14.9. The van der Waals surface area contributed by atoms with Gasteiger partial charge in [0, 0.05) is 6.07 Å². The minimum absolute atomic E-state index is 0.0941. The van der Waals surface area contributed by atoms with E-state index in [0.717, 1.165) is 6.07 Å². The summed E-state index contributed by atoms with van der Waals surface area (Å²) in [6.07, 6.45) is 2.87. The maximum atomic E-state index is 11.4.